The van der Waals surface area contributed by atoms with E-state index >= 15 is 0 Å². The monoisotopic (exact) mass is 283 g/mol. The molecule has 0 aliphatic rings. The van der Waals surface area contributed by atoms with Crippen LogP contribution in [0.15, 0.2) is 48.5 Å². The number of non-ortho nitro benzene ring substituents is 1. The summed E-state index contributed by atoms with van der Waals surface area (Å²) < 4.78 is 4.62. The van der Waals surface area contributed by atoms with Gasteiger partial charge in [-0.15, -0.1) is 0 Å². The van der Waals surface area contributed by atoms with Crippen LogP contribution < -0.4 is 0 Å². The molecule has 0 unspecified atom stereocenters. The molecule has 0 saturated heterocycles. The Morgan fingerprint density at radius 2 is 1.76 bits per heavy atom. The van der Waals surface area contributed by atoms with Gasteiger partial charge in [0, 0.05) is 12.1 Å². The lowest BCUT2D eigenvalue weighted by Crippen LogP contribution is -2.00. The summed E-state index contributed by atoms with van der Waals surface area (Å²) in [5.41, 5.74) is 2.15. The number of carbonyl (C=O) groups excluding carboxylic acids is 1. The van der Waals surface area contributed by atoms with Crippen molar-refractivity contribution in [3.8, 4) is 0 Å². The molecule has 0 radical (unpaired) electrons. The van der Waals surface area contributed by atoms with Crippen LogP contribution in [0.2, 0.25) is 0 Å². The minimum atomic E-state index is -0.428. The first-order valence-corrected chi connectivity index (χ1v) is 6.21. The van der Waals surface area contributed by atoms with Gasteiger partial charge in [0.2, 0.25) is 0 Å². The van der Waals surface area contributed by atoms with Gasteiger partial charge in [0.05, 0.1) is 17.6 Å². The minimum Gasteiger partial charge on any atom is -0.465 e. The minimum absolute atomic E-state index is 0.0539. The molecule has 0 fully saturated rings. The predicted octanol–water partition coefficient (Wildman–Crippen LogP) is 3.55. The summed E-state index contributed by atoms with van der Waals surface area (Å²) in [4.78, 5) is 21.6. The number of hydrogen-bond donors (Lipinski definition) is 0. The first-order chi connectivity index (χ1) is 10.1. The largest absolute Gasteiger partial charge is 0.465 e. The van der Waals surface area contributed by atoms with Crippen molar-refractivity contribution in [2.24, 2.45) is 0 Å². The number of benzene rings is 2. The topological polar surface area (TPSA) is 69.4 Å². The number of nitro groups is 1. The molecule has 2 rings (SSSR count). The van der Waals surface area contributed by atoms with Crippen LogP contribution in [0.3, 0.4) is 0 Å². The molecule has 0 spiro atoms. The third kappa shape index (κ3) is 3.76. The van der Waals surface area contributed by atoms with Gasteiger partial charge in [-0.3, -0.25) is 10.1 Å². The van der Waals surface area contributed by atoms with Gasteiger partial charge >= 0.3 is 5.97 Å². The third-order valence-corrected chi connectivity index (χ3v) is 2.88. The Morgan fingerprint density at radius 3 is 2.38 bits per heavy atom. The number of nitrogens with zero attached hydrogens (tertiary/aromatic N) is 1. The maximum Gasteiger partial charge on any atom is 0.337 e. The van der Waals surface area contributed by atoms with Crippen molar-refractivity contribution < 1.29 is 14.5 Å². The molecule has 0 aliphatic heterocycles. The second-order valence-corrected chi connectivity index (χ2v) is 4.30. The Hall–Kier alpha value is -2.95. The van der Waals surface area contributed by atoms with Crippen LogP contribution in [-0.4, -0.2) is 18.0 Å². The van der Waals surface area contributed by atoms with Gasteiger partial charge in [0.15, 0.2) is 0 Å². The van der Waals surface area contributed by atoms with Crippen LogP contribution in [0.4, 0.5) is 5.69 Å². The van der Waals surface area contributed by atoms with Crippen molar-refractivity contribution in [2.75, 3.05) is 7.11 Å². The van der Waals surface area contributed by atoms with Crippen LogP contribution in [-0.2, 0) is 4.74 Å². The molecule has 0 heterocycles. The molecule has 21 heavy (non-hydrogen) atoms. The molecule has 0 aromatic heterocycles. The fourth-order valence-corrected chi connectivity index (χ4v) is 1.78. The van der Waals surface area contributed by atoms with Gasteiger partial charge in [0.1, 0.15) is 0 Å². The van der Waals surface area contributed by atoms with Gasteiger partial charge in [-0.1, -0.05) is 36.4 Å². The third-order valence-electron chi connectivity index (χ3n) is 2.88. The van der Waals surface area contributed by atoms with Crippen molar-refractivity contribution in [3.05, 3.63) is 75.3 Å². The summed E-state index contributed by atoms with van der Waals surface area (Å²) in [5.74, 6) is -0.385. The maximum atomic E-state index is 11.3. The zero-order valence-corrected chi connectivity index (χ0v) is 11.4. The summed E-state index contributed by atoms with van der Waals surface area (Å²) in [6.45, 7) is 0. The van der Waals surface area contributed by atoms with E-state index < -0.39 is 4.92 Å². The lowest BCUT2D eigenvalue weighted by molar-refractivity contribution is -0.384. The van der Waals surface area contributed by atoms with Gasteiger partial charge in [0.25, 0.3) is 5.69 Å². The summed E-state index contributed by atoms with van der Waals surface area (Å²) in [5, 5.41) is 10.7. The number of methoxy groups -OCH3 is 1. The van der Waals surface area contributed by atoms with Crippen LogP contribution in [0.1, 0.15) is 21.5 Å². The summed E-state index contributed by atoms with van der Waals surface area (Å²) >= 11 is 0. The molecule has 0 amide bonds. The van der Waals surface area contributed by atoms with Crippen LogP contribution in [0.25, 0.3) is 12.2 Å². The number of hydrogen-bond acceptors (Lipinski definition) is 4. The van der Waals surface area contributed by atoms with Crippen LogP contribution in [0, 0.1) is 10.1 Å². The zero-order valence-electron chi connectivity index (χ0n) is 11.4. The molecular weight excluding hydrogens is 270 g/mol. The van der Waals surface area contributed by atoms with E-state index in [9.17, 15) is 14.9 Å². The second kappa shape index (κ2) is 6.47. The highest BCUT2D eigenvalue weighted by Crippen LogP contribution is 2.16. The summed E-state index contributed by atoms with van der Waals surface area (Å²) in [6, 6.07) is 13.3. The molecule has 0 aliphatic carbocycles. The van der Waals surface area contributed by atoms with E-state index in [1.165, 1.54) is 19.2 Å². The Balaban J connectivity index is 2.16. The zero-order chi connectivity index (χ0) is 15.2. The molecule has 0 atom stereocenters. The summed E-state index contributed by atoms with van der Waals surface area (Å²) in [6.07, 6.45) is 3.60. The number of ether oxygens (including phenoxy) is 1. The van der Waals surface area contributed by atoms with E-state index in [2.05, 4.69) is 4.74 Å². The quantitative estimate of drug-likeness (QED) is 0.372. The van der Waals surface area contributed by atoms with Crippen molar-refractivity contribution in [1.29, 1.82) is 0 Å². The highest BCUT2D eigenvalue weighted by atomic mass is 16.6. The van der Waals surface area contributed by atoms with Gasteiger partial charge in [-0.05, 0) is 23.3 Å². The average molecular weight is 283 g/mol. The molecule has 106 valence electrons. The van der Waals surface area contributed by atoms with Gasteiger partial charge in [-0.25, -0.2) is 4.79 Å². The van der Waals surface area contributed by atoms with Crippen LogP contribution in [0.5, 0.6) is 0 Å². The fourth-order valence-electron chi connectivity index (χ4n) is 1.78. The van der Waals surface area contributed by atoms with E-state index in [4.69, 9.17) is 0 Å². The van der Waals surface area contributed by atoms with Crippen molar-refractivity contribution in [1.82, 2.24) is 0 Å². The van der Waals surface area contributed by atoms with Crippen molar-refractivity contribution in [2.45, 2.75) is 0 Å². The highest BCUT2D eigenvalue weighted by molar-refractivity contribution is 5.89. The first kappa shape index (κ1) is 14.5. The molecule has 2 aromatic carbocycles. The van der Waals surface area contributed by atoms with Crippen molar-refractivity contribution in [3.63, 3.8) is 0 Å². The van der Waals surface area contributed by atoms with E-state index in [0.717, 1.165) is 11.1 Å². The standard InChI is InChI=1S/C16H13NO4/c1-21-16(18)14-9-7-12(8-10-14)5-6-13-3-2-4-15(11-13)17(19)20/h2-11H,1H3. The van der Waals surface area contributed by atoms with Crippen molar-refractivity contribution >= 4 is 23.8 Å². The maximum absolute atomic E-state index is 11.3. The second-order valence-electron chi connectivity index (χ2n) is 4.30. The van der Waals surface area contributed by atoms with Gasteiger partial charge in [-0.2, -0.15) is 0 Å². The Labute approximate surface area is 121 Å². The highest BCUT2D eigenvalue weighted by Gasteiger charge is 2.04. The molecule has 0 N–H and O–H groups in total. The van der Waals surface area contributed by atoms with E-state index in [-0.39, 0.29) is 11.7 Å². The van der Waals surface area contributed by atoms with E-state index in [0.29, 0.717) is 5.56 Å². The normalized spacial score (nSPS) is 10.5. The fraction of sp³-hybridized carbons (Fsp3) is 0.0625. The first-order valence-electron chi connectivity index (χ1n) is 6.21. The summed E-state index contributed by atoms with van der Waals surface area (Å²) in [7, 11) is 1.33. The van der Waals surface area contributed by atoms with Crippen LogP contribution >= 0.6 is 0 Å². The number of nitro benzene ring substituents is 1. The number of rotatable bonds is 4. The predicted molar refractivity (Wildman–Crippen MR) is 79.8 cm³/mol. The lowest BCUT2D eigenvalue weighted by Gasteiger charge is -1.99. The molecule has 5 nitrogen and oxygen atoms in total. The number of carbonyl (C=O) groups is 1. The lowest BCUT2D eigenvalue weighted by atomic mass is 10.1. The Bertz CT molecular complexity index is 690. The smallest absolute Gasteiger partial charge is 0.337 e. The van der Waals surface area contributed by atoms with E-state index in [1.807, 2.05) is 6.08 Å². The molecular formula is C16H13NO4. The Kier molecular flexibility index (Phi) is 4.46. The molecule has 0 saturated carbocycles. The number of esters is 1. The molecule has 2 aromatic rings. The van der Waals surface area contributed by atoms with Gasteiger partial charge < -0.3 is 4.74 Å². The Morgan fingerprint density at radius 1 is 1.10 bits per heavy atom. The molecule has 5 heteroatoms. The van der Waals surface area contributed by atoms with E-state index in [1.54, 1.807) is 42.5 Å². The molecule has 0 bridgehead atoms. The average Bonchev–Trinajstić information content (AvgIpc) is 2.53. The SMILES string of the molecule is COC(=O)c1ccc(C=Cc2cccc([N+](=O)[O-])c2)cc1.